The molecule has 1 amide bonds. The Morgan fingerprint density at radius 1 is 1.21 bits per heavy atom. The molecule has 1 heterocycles. The number of anilines is 1. The maximum atomic E-state index is 12.0. The first-order valence-corrected chi connectivity index (χ1v) is 7.62. The Balaban J connectivity index is 1.59. The molecule has 0 fully saturated rings. The number of carbonyl (C=O) groups is 1. The summed E-state index contributed by atoms with van der Waals surface area (Å²) in [5, 5.41) is 4.00. The standard InChI is InChI=1S/C18H19N5O/c1-22(2)15-9-7-14(8-10-15)11-20-21-18(24)12-23-13-19-16-5-3-4-6-17(16)23/h3-11,13H,12H2,1-2H3,(H,21,24)/b20-11-. The summed E-state index contributed by atoms with van der Waals surface area (Å²) in [6.45, 7) is 0.178. The molecule has 6 nitrogen and oxygen atoms in total. The number of imidazole rings is 1. The van der Waals surface area contributed by atoms with Gasteiger partial charge in [0.2, 0.25) is 0 Å². The minimum atomic E-state index is -0.195. The molecular weight excluding hydrogens is 302 g/mol. The molecule has 0 unspecified atom stereocenters. The van der Waals surface area contributed by atoms with Crippen molar-refractivity contribution in [3.63, 3.8) is 0 Å². The SMILES string of the molecule is CN(C)c1ccc(/C=N\NC(=O)Cn2cnc3ccccc32)cc1. The highest BCUT2D eigenvalue weighted by Crippen LogP contribution is 2.12. The van der Waals surface area contributed by atoms with E-state index in [-0.39, 0.29) is 12.5 Å². The van der Waals surface area contributed by atoms with Gasteiger partial charge < -0.3 is 9.47 Å². The number of fused-ring (bicyclic) bond motifs is 1. The van der Waals surface area contributed by atoms with E-state index in [0.717, 1.165) is 22.3 Å². The van der Waals surface area contributed by atoms with E-state index in [1.807, 2.05) is 67.5 Å². The first kappa shape index (κ1) is 15.7. The van der Waals surface area contributed by atoms with E-state index in [1.54, 1.807) is 17.1 Å². The number of hydrazone groups is 1. The van der Waals surface area contributed by atoms with Gasteiger partial charge in [0, 0.05) is 19.8 Å². The Morgan fingerprint density at radius 3 is 2.71 bits per heavy atom. The predicted octanol–water partition coefficient (Wildman–Crippen LogP) is 2.25. The van der Waals surface area contributed by atoms with Gasteiger partial charge in [0.05, 0.1) is 23.6 Å². The lowest BCUT2D eigenvalue weighted by atomic mass is 10.2. The molecule has 1 N–H and O–H groups in total. The second-order valence-electron chi connectivity index (χ2n) is 5.64. The minimum Gasteiger partial charge on any atom is -0.378 e. The summed E-state index contributed by atoms with van der Waals surface area (Å²) in [5.74, 6) is -0.195. The van der Waals surface area contributed by atoms with Crippen LogP contribution in [0.3, 0.4) is 0 Å². The summed E-state index contributed by atoms with van der Waals surface area (Å²) in [4.78, 5) is 18.3. The van der Waals surface area contributed by atoms with Crippen molar-refractivity contribution in [2.75, 3.05) is 19.0 Å². The van der Waals surface area contributed by atoms with Crippen molar-refractivity contribution in [2.45, 2.75) is 6.54 Å². The number of para-hydroxylation sites is 2. The van der Waals surface area contributed by atoms with Gasteiger partial charge in [0.25, 0.3) is 5.91 Å². The van der Waals surface area contributed by atoms with Crippen LogP contribution in [0.4, 0.5) is 5.69 Å². The van der Waals surface area contributed by atoms with Crippen LogP contribution < -0.4 is 10.3 Å². The van der Waals surface area contributed by atoms with Gasteiger partial charge in [-0.1, -0.05) is 24.3 Å². The summed E-state index contributed by atoms with van der Waals surface area (Å²) in [6.07, 6.45) is 3.29. The fraction of sp³-hybridized carbons (Fsp3) is 0.167. The molecule has 3 rings (SSSR count). The van der Waals surface area contributed by atoms with Crippen LogP contribution in [0.15, 0.2) is 60.0 Å². The number of nitrogens with one attached hydrogen (secondary N) is 1. The van der Waals surface area contributed by atoms with Crippen LogP contribution >= 0.6 is 0 Å². The molecule has 2 aromatic carbocycles. The van der Waals surface area contributed by atoms with Crippen LogP contribution in [0.25, 0.3) is 11.0 Å². The Kier molecular flexibility index (Phi) is 4.56. The van der Waals surface area contributed by atoms with E-state index in [1.165, 1.54) is 0 Å². The number of hydrogen-bond donors (Lipinski definition) is 1. The summed E-state index contributed by atoms with van der Waals surface area (Å²) < 4.78 is 1.80. The Hall–Kier alpha value is -3.15. The maximum Gasteiger partial charge on any atom is 0.260 e. The van der Waals surface area contributed by atoms with Crippen molar-refractivity contribution in [3.05, 3.63) is 60.4 Å². The largest absolute Gasteiger partial charge is 0.378 e. The van der Waals surface area contributed by atoms with E-state index in [9.17, 15) is 4.79 Å². The van der Waals surface area contributed by atoms with Crippen molar-refractivity contribution in [2.24, 2.45) is 5.10 Å². The molecule has 24 heavy (non-hydrogen) atoms. The Labute approximate surface area is 140 Å². The first-order chi connectivity index (χ1) is 11.6. The second-order valence-corrected chi connectivity index (χ2v) is 5.64. The Morgan fingerprint density at radius 2 is 1.96 bits per heavy atom. The van der Waals surface area contributed by atoms with Gasteiger partial charge in [-0.3, -0.25) is 4.79 Å². The third kappa shape index (κ3) is 3.60. The lowest BCUT2D eigenvalue weighted by molar-refractivity contribution is -0.121. The molecule has 6 heteroatoms. The average molecular weight is 321 g/mol. The molecule has 0 bridgehead atoms. The zero-order chi connectivity index (χ0) is 16.9. The molecule has 0 radical (unpaired) electrons. The van der Waals surface area contributed by atoms with Gasteiger partial charge in [-0.05, 0) is 29.8 Å². The fourth-order valence-corrected chi connectivity index (χ4v) is 2.36. The molecule has 0 aliphatic heterocycles. The number of amides is 1. The van der Waals surface area contributed by atoms with Gasteiger partial charge in [-0.15, -0.1) is 0 Å². The van der Waals surface area contributed by atoms with Crippen molar-refractivity contribution < 1.29 is 4.79 Å². The van der Waals surface area contributed by atoms with Gasteiger partial charge in [0.15, 0.2) is 0 Å². The van der Waals surface area contributed by atoms with E-state index < -0.39 is 0 Å². The van der Waals surface area contributed by atoms with E-state index in [4.69, 9.17) is 0 Å². The second kappa shape index (κ2) is 6.95. The molecule has 0 atom stereocenters. The van der Waals surface area contributed by atoms with Crippen LogP contribution in [0.1, 0.15) is 5.56 Å². The smallest absolute Gasteiger partial charge is 0.260 e. The van der Waals surface area contributed by atoms with E-state index in [2.05, 4.69) is 15.5 Å². The molecule has 3 aromatic rings. The normalized spacial score (nSPS) is 11.1. The molecule has 0 spiro atoms. The number of rotatable bonds is 5. The molecule has 0 saturated carbocycles. The number of nitrogens with zero attached hydrogens (tertiary/aromatic N) is 4. The topological polar surface area (TPSA) is 62.5 Å². The van der Waals surface area contributed by atoms with Crippen LogP contribution in [-0.2, 0) is 11.3 Å². The van der Waals surface area contributed by atoms with E-state index >= 15 is 0 Å². The third-order valence-corrected chi connectivity index (χ3v) is 3.65. The summed E-state index contributed by atoms with van der Waals surface area (Å²) in [6, 6.07) is 15.6. The van der Waals surface area contributed by atoms with Crippen LogP contribution in [-0.4, -0.2) is 35.8 Å². The fourth-order valence-electron chi connectivity index (χ4n) is 2.36. The van der Waals surface area contributed by atoms with E-state index in [0.29, 0.717) is 0 Å². The zero-order valence-electron chi connectivity index (χ0n) is 13.7. The quantitative estimate of drug-likeness (QED) is 0.579. The van der Waals surface area contributed by atoms with Gasteiger partial charge in [0.1, 0.15) is 6.54 Å². The number of hydrogen-bond acceptors (Lipinski definition) is 4. The molecular formula is C18H19N5O. The lowest BCUT2D eigenvalue weighted by Crippen LogP contribution is -2.22. The summed E-state index contributed by atoms with van der Waals surface area (Å²) >= 11 is 0. The van der Waals surface area contributed by atoms with Crippen molar-refractivity contribution >= 4 is 28.8 Å². The number of aromatic nitrogens is 2. The third-order valence-electron chi connectivity index (χ3n) is 3.65. The molecule has 0 saturated heterocycles. The van der Waals surface area contributed by atoms with Gasteiger partial charge in [-0.25, -0.2) is 10.4 Å². The van der Waals surface area contributed by atoms with Crippen molar-refractivity contribution in [1.29, 1.82) is 0 Å². The van der Waals surface area contributed by atoms with Gasteiger partial charge >= 0.3 is 0 Å². The minimum absolute atomic E-state index is 0.178. The highest BCUT2D eigenvalue weighted by molar-refractivity contribution is 5.84. The van der Waals surface area contributed by atoms with Crippen LogP contribution in [0, 0.1) is 0 Å². The maximum absolute atomic E-state index is 12.0. The number of benzene rings is 2. The summed E-state index contributed by atoms with van der Waals surface area (Å²) in [7, 11) is 3.98. The first-order valence-electron chi connectivity index (χ1n) is 7.62. The molecule has 0 aliphatic rings. The molecule has 0 aliphatic carbocycles. The highest BCUT2D eigenvalue weighted by Gasteiger charge is 2.05. The van der Waals surface area contributed by atoms with Gasteiger partial charge in [-0.2, -0.15) is 5.10 Å². The van der Waals surface area contributed by atoms with Crippen molar-refractivity contribution in [3.8, 4) is 0 Å². The highest BCUT2D eigenvalue weighted by atomic mass is 16.2. The monoisotopic (exact) mass is 321 g/mol. The van der Waals surface area contributed by atoms with Crippen LogP contribution in [0.5, 0.6) is 0 Å². The Bertz CT molecular complexity index is 865. The summed E-state index contributed by atoms with van der Waals surface area (Å²) in [5.41, 5.74) is 6.38. The lowest BCUT2D eigenvalue weighted by Gasteiger charge is -2.11. The zero-order valence-corrected chi connectivity index (χ0v) is 13.7. The van der Waals surface area contributed by atoms with Crippen LogP contribution in [0.2, 0.25) is 0 Å². The predicted molar refractivity (Wildman–Crippen MR) is 96.2 cm³/mol. The molecule has 122 valence electrons. The number of carbonyl (C=O) groups excluding carboxylic acids is 1. The van der Waals surface area contributed by atoms with Crippen molar-refractivity contribution in [1.82, 2.24) is 15.0 Å². The molecule has 1 aromatic heterocycles. The average Bonchev–Trinajstić information content (AvgIpc) is 2.98.